The SMILES string of the molecule is COc1ccccc1CCN(CC[B]C(=O)OI)C1CCCc2nc(C#N)ccc21. The molecule has 1 aromatic heterocycles. The third-order valence-corrected chi connectivity index (χ3v) is 5.91. The molecule has 8 heteroatoms. The Balaban J connectivity index is 1.79. The summed E-state index contributed by atoms with van der Waals surface area (Å²) in [6.45, 7) is 1.57. The van der Waals surface area contributed by atoms with Crippen molar-refractivity contribution in [2.45, 2.75) is 38.0 Å². The third kappa shape index (κ3) is 5.73. The molecule has 1 heterocycles. The number of pyridine rings is 1. The number of fused-ring (bicyclic) bond motifs is 1. The Morgan fingerprint density at radius 3 is 2.93 bits per heavy atom. The van der Waals surface area contributed by atoms with E-state index in [4.69, 9.17) is 7.80 Å². The first-order chi connectivity index (χ1) is 14.7. The first kappa shape index (κ1) is 22.6. The van der Waals surface area contributed by atoms with Gasteiger partial charge in [-0.05, 0) is 55.5 Å². The molecule has 0 fully saturated rings. The minimum absolute atomic E-state index is 0.215. The number of benzene rings is 1. The summed E-state index contributed by atoms with van der Waals surface area (Å²) >= 11 is 1.61. The van der Waals surface area contributed by atoms with Crippen molar-refractivity contribution in [2.24, 2.45) is 0 Å². The van der Waals surface area contributed by atoms with Gasteiger partial charge >= 0.3 is 0 Å². The lowest BCUT2D eigenvalue weighted by Crippen LogP contribution is -2.35. The number of methoxy groups -OCH3 is 1. The van der Waals surface area contributed by atoms with E-state index in [2.05, 4.69) is 22.0 Å². The van der Waals surface area contributed by atoms with E-state index in [-0.39, 0.29) is 11.9 Å². The Bertz CT molecular complexity index is 919. The average molecular weight is 516 g/mol. The second-order valence-electron chi connectivity index (χ2n) is 7.24. The molecule has 0 aliphatic heterocycles. The van der Waals surface area contributed by atoms with Crippen LogP contribution in [0.25, 0.3) is 0 Å². The van der Waals surface area contributed by atoms with Crippen LogP contribution in [0.3, 0.4) is 0 Å². The summed E-state index contributed by atoms with van der Waals surface area (Å²) in [6, 6.07) is 14.3. The molecule has 0 spiro atoms. The van der Waals surface area contributed by atoms with Gasteiger partial charge in [-0.2, -0.15) is 5.26 Å². The Morgan fingerprint density at radius 2 is 2.17 bits per heavy atom. The van der Waals surface area contributed by atoms with Crippen molar-refractivity contribution in [3.05, 3.63) is 58.9 Å². The molecule has 2 aromatic rings. The fourth-order valence-electron chi connectivity index (χ4n) is 4.05. The molecule has 0 amide bonds. The molecule has 0 N–H and O–H groups in total. The first-order valence-electron chi connectivity index (χ1n) is 10.1. The summed E-state index contributed by atoms with van der Waals surface area (Å²) in [5.41, 5.74) is 3.84. The van der Waals surface area contributed by atoms with Crippen molar-refractivity contribution in [1.82, 2.24) is 9.88 Å². The van der Waals surface area contributed by atoms with Gasteiger partial charge in [0.05, 0.1) is 7.11 Å². The zero-order valence-corrected chi connectivity index (χ0v) is 19.2. The van der Waals surface area contributed by atoms with E-state index in [0.29, 0.717) is 12.0 Å². The molecule has 1 unspecified atom stereocenters. The molecular weight excluding hydrogens is 492 g/mol. The molecular formula is C22H24BIN3O3. The van der Waals surface area contributed by atoms with Crippen molar-refractivity contribution in [3.63, 3.8) is 0 Å². The number of aromatic nitrogens is 1. The van der Waals surface area contributed by atoms with Gasteiger partial charge in [0.2, 0.25) is 0 Å². The molecule has 0 saturated carbocycles. The van der Waals surface area contributed by atoms with E-state index in [9.17, 15) is 10.1 Å². The van der Waals surface area contributed by atoms with Crippen LogP contribution in [0.4, 0.5) is 4.79 Å². The number of aryl methyl sites for hydroxylation is 1. The van der Waals surface area contributed by atoms with E-state index in [1.54, 1.807) is 43.5 Å². The minimum Gasteiger partial charge on any atom is -0.496 e. The highest BCUT2D eigenvalue weighted by Gasteiger charge is 2.27. The van der Waals surface area contributed by atoms with Gasteiger partial charge in [0.25, 0.3) is 13.1 Å². The van der Waals surface area contributed by atoms with Gasteiger partial charge in [-0.3, -0.25) is 9.69 Å². The number of hydrogen-bond acceptors (Lipinski definition) is 6. The van der Waals surface area contributed by atoms with Crippen LogP contribution in [-0.4, -0.2) is 43.2 Å². The van der Waals surface area contributed by atoms with Gasteiger partial charge in [-0.15, -0.1) is 0 Å². The summed E-state index contributed by atoms with van der Waals surface area (Å²) < 4.78 is 10.2. The zero-order chi connectivity index (χ0) is 21.3. The van der Waals surface area contributed by atoms with Crippen LogP contribution in [0.5, 0.6) is 5.75 Å². The first-order valence-corrected chi connectivity index (χ1v) is 11.0. The smallest absolute Gasteiger partial charge is 0.263 e. The Labute approximate surface area is 192 Å². The highest BCUT2D eigenvalue weighted by Crippen LogP contribution is 2.34. The van der Waals surface area contributed by atoms with Crippen LogP contribution in [0, 0.1) is 11.3 Å². The van der Waals surface area contributed by atoms with Crippen LogP contribution in [-0.2, 0) is 15.9 Å². The molecule has 30 heavy (non-hydrogen) atoms. The number of nitriles is 1. The Morgan fingerprint density at radius 1 is 1.33 bits per heavy atom. The number of carbonyl (C=O) groups is 1. The van der Waals surface area contributed by atoms with E-state index in [1.165, 1.54) is 5.56 Å². The second-order valence-corrected chi connectivity index (χ2v) is 7.68. The van der Waals surface area contributed by atoms with E-state index in [1.807, 2.05) is 24.3 Å². The fraction of sp³-hybridized carbons (Fsp3) is 0.409. The lowest BCUT2D eigenvalue weighted by molar-refractivity contribution is 0.188. The molecule has 0 bridgehead atoms. The van der Waals surface area contributed by atoms with Crippen molar-refractivity contribution >= 4 is 36.2 Å². The molecule has 3 rings (SSSR count). The van der Waals surface area contributed by atoms with E-state index in [0.717, 1.165) is 55.8 Å². The average Bonchev–Trinajstić information content (AvgIpc) is 2.80. The quantitative estimate of drug-likeness (QED) is 0.361. The number of hydrogen-bond donors (Lipinski definition) is 0. The Kier molecular flexibility index (Phi) is 8.52. The normalized spacial score (nSPS) is 15.2. The number of rotatable bonds is 9. The fourth-order valence-corrected chi connectivity index (χ4v) is 4.23. The van der Waals surface area contributed by atoms with E-state index < -0.39 is 0 Å². The van der Waals surface area contributed by atoms with Gasteiger partial charge in [-0.25, -0.2) is 4.98 Å². The van der Waals surface area contributed by atoms with Gasteiger partial charge in [0.1, 0.15) is 17.5 Å². The lowest BCUT2D eigenvalue weighted by Gasteiger charge is -2.35. The van der Waals surface area contributed by atoms with Crippen molar-refractivity contribution in [1.29, 1.82) is 5.26 Å². The number of nitrogens with zero attached hydrogens (tertiary/aromatic N) is 3. The van der Waals surface area contributed by atoms with Crippen LogP contribution in [0.1, 0.15) is 41.4 Å². The maximum atomic E-state index is 11.5. The van der Waals surface area contributed by atoms with Crippen molar-refractivity contribution in [2.75, 3.05) is 20.2 Å². The van der Waals surface area contributed by atoms with Gasteiger partial charge in [-0.1, -0.05) is 30.6 Å². The second kappa shape index (κ2) is 11.3. The minimum atomic E-state index is -0.315. The molecule has 1 aliphatic rings. The predicted octanol–water partition coefficient (Wildman–Crippen LogP) is 4.49. The lowest BCUT2D eigenvalue weighted by atomic mass is 9.74. The summed E-state index contributed by atoms with van der Waals surface area (Å²) in [4.78, 5) is 18.5. The topological polar surface area (TPSA) is 75.4 Å². The zero-order valence-electron chi connectivity index (χ0n) is 17.0. The maximum absolute atomic E-state index is 11.5. The predicted molar refractivity (Wildman–Crippen MR) is 124 cm³/mol. The molecule has 1 aliphatic carbocycles. The number of halogens is 1. The van der Waals surface area contributed by atoms with Crippen molar-refractivity contribution < 1.29 is 12.6 Å². The largest absolute Gasteiger partial charge is 0.496 e. The van der Waals surface area contributed by atoms with Crippen LogP contribution in [0.2, 0.25) is 6.32 Å². The van der Waals surface area contributed by atoms with Crippen LogP contribution < -0.4 is 4.74 Å². The highest BCUT2D eigenvalue weighted by atomic mass is 127. The highest BCUT2D eigenvalue weighted by molar-refractivity contribution is 14.1. The van der Waals surface area contributed by atoms with Crippen molar-refractivity contribution in [3.8, 4) is 11.8 Å². The maximum Gasteiger partial charge on any atom is 0.263 e. The molecule has 155 valence electrons. The monoisotopic (exact) mass is 516 g/mol. The summed E-state index contributed by atoms with van der Waals surface area (Å²) in [5.74, 6) is 0.575. The Hall–Kier alpha value is -2.12. The molecule has 1 radical (unpaired) electrons. The summed E-state index contributed by atoms with van der Waals surface area (Å²) in [6.07, 6.45) is 4.42. The molecule has 6 nitrogen and oxygen atoms in total. The van der Waals surface area contributed by atoms with Gasteiger partial charge in [0.15, 0.2) is 23.0 Å². The summed E-state index contributed by atoms with van der Waals surface area (Å²) in [7, 11) is 3.28. The van der Waals surface area contributed by atoms with Gasteiger partial charge < -0.3 is 7.80 Å². The van der Waals surface area contributed by atoms with E-state index >= 15 is 0 Å². The van der Waals surface area contributed by atoms with Crippen LogP contribution >= 0.6 is 23.0 Å². The molecule has 1 atom stereocenters. The van der Waals surface area contributed by atoms with Gasteiger partial charge in [0, 0.05) is 18.3 Å². The standard InChI is InChI=1S/C22H24BIN3O3/c1-29-21-8-3-2-5-16(21)11-13-27(14-12-23-22(28)30-24)20-7-4-6-19-18(20)10-9-17(15-25)26-19/h2-3,5,8-10,20H,4,6-7,11-14H2,1H3. The summed E-state index contributed by atoms with van der Waals surface area (Å²) in [5, 5.41) is 9.18. The number of carbonyl (C=O) groups excluding carboxylic acids is 1. The number of ether oxygens (including phenoxy) is 1. The van der Waals surface area contributed by atoms with Crippen LogP contribution in [0.15, 0.2) is 36.4 Å². The number of para-hydroxylation sites is 1. The third-order valence-electron chi connectivity index (χ3n) is 5.48. The molecule has 1 aromatic carbocycles. The molecule has 0 saturated heterocycles.